The molecular weight excluding hydrogens is 374 g/mol. The number of amides is 1. The van der Waals surface area contributed by atoms with Crippen LogP contribution < -0.4 is 10.2 Å². The molecule has 1 N–H and O–H groups in total. The van der Waals surface area contributed by atoms with Crippen molar-refractivity contribution in [3.8, 4) is 0 Å². The maximum absolute atomic E-state index is 12.2. The van der Waals surface area contributed by atoms with Crippen molar-refractivity contribution >= 4 is 23.8 Å². The van der Waals surface area contributed by atoms with Crippen molar-refractivity contribution in [3.63, 3.8) is 0 Å². The highest BCUT2D eigenvalue weighted by molar-refractivity contribution is 5.88. The Kier molecular flexibility index (Phi) is 6.44. The Morgan fingerprint density at radius 3 is 2.34 bits per heavy atom. The van der Waals surface area contributed by atoms with E-state index in [-0.39, 0.29) is 17.8 Å². The van der Waals surface area contributed by atoms with Gasteiger partial charge in [0, 0.05) is 38.3 Å². The smallest absolute Gasteiger partial charge is 0.410 e. The lowest BCUT2D eigenvalue weighted by Gasteiger charge is -2.34. The third kappa shape index (κ3) is 5.71. The lowest BCUT2D eigenvalue weighted by molar-refractivity contribution is 0.0210. The van der Waals surface area contributed by atoms with E-state index in [0.29, 0.717) is 24.9 Å². The molecule has 9 nitrogen and oxygen atoms in total. The van der Waals surface area contributed by atoms with Gasteiger partial charge in [0.1, 0.15) is 11.4 Å². The number of carbonyl (C=O) groups is 2. The third-order valence-electron chi connectivity index (χ3n) is 5.00. The molecule has 160 valence electrons. The molecule has 0 atom stereocenters. The van der Waals surface area contributed by atoms with E-state index in [2.05, 4.69) is 20.2 Å². The molecule has 29 heavy (non-hydrogen) atoms. The van der Waals surface area contributed by atoms with Gasteiger partial charge in [0.15, 0.2) is 5.69 Å². The summed E-state index contributed by atoms with van der Waals surface area (Å²) in [5.74, 6) is 0.688. The van der Waals surface area contributed by atoms with Crippen LogP contribution in [0.3, 0.4) is 0 Å². The molecule has 0 saturated carbocycles. The van der Waals surface area contributed by atoms with Crippen LogP contribution in [0.15, 0.2) is 6.07 Å². The zero-order valence-electron chi connectivity index (χ0n) is 17.7. The molecule has 3 rings (SSSR count). The van der Waals surface area contributed by atoms with Crippen molar-refractivity contribution in [3.05, 3.63) is 11.8 Å². The molecule has 0 radical (unpaired) electrons. The summed E-state index contributed by atoms with van der Waals surface area (Å²) in [7, 11) is 1.35. The summed E-state index contributed by atoms with van der Waals surface area (Å²) in [4.78, 5) is 37.1. The van der Waals surface area contributed by atoms with E-state index in [1.165, 1.54) is 7.11 Å². The normalized spacial score (nSPS) is 17.9. The van der Waals surface area contributed by atoms with Crippen molar-refractivity contribution in [2.24, 2.45) is 0 Å². The maximum atomic E-state index is 12.2. The van der Waals surface area contributed by atoms with Crippen LogP contribution in [0.2, 0.25) is 0 Å². The Balaban J connectivity index is 1.65. The SMILES string of the molecule is COC(=O)c1cc(NC2CCN(C(=O)OC(C)(C)C)CC2)nc(N2CCCC2)n1. The number of carbonyl (C=O) groups excluding carboxylic acids is 2. The van der Waals surface area contributed by atoms with E-state index < -0.39 is 11.6 Å². The molecule has 9 heteroatoms. The number of anilines is 2. The molecule has 1 aromatic rings. The van der Waals surface area contributed by atoms with Crippen LogP contribution in [0.5, 0.6) is 0 Å². The Bertz CT molecular complexity index is 735. The van der Waals surface area contributed by atoms with Crippen LogP contribution in [0.4, 0.5) is 16.6 Å². The van der Waals surface area contributed by atoms with E-state index in [0.717, 1.165) is 38.8 Å². The molecule has 2 fully saturated rings. The van der Waals surface area contributed by atoms with Gasteiger partial charge in [-0.3, -0.25) is 0 Å². The summed E-state index contributed by atoms with van der Waals surface area (Å²) < 4.78 is 10.3. The first-order chi connectivity index (χ1) is 13.7. The number of likely N-dealkylation sites (tertiary alicyclic amines) is 1. The van der Waals surface area contributed by atoms with Gasteiger partial charge in [-0.05, 0) is 46.5 Å². The quantitative estimate of drug-likeness (QED) is 0.764. The summed E-state index contributed by atoms with van der Waals surface area (Å²) in [6, 6.07) is 1.78. The highest BCUT2D eigenvalue weighted by Gasteiger charge is 2.27. The fraction of sp³-hybridized carbons (Fsp3) is 0.700. The molecule has 0 aliphatic carbocycles. The third-order valence-corrected chi connectivity index (χ3v) is 5.00. The number of methoxy groups -OCH3 is 1. The Hall–Kier alpha value is -2.58. The van der Waals surface area contributed by atoms with Gasteiger partial charge in [0.05, 0.1) is 7.11 Å². The van der Waals surface area contributed by atoms with Crippen LogP contribution in [0.25, 0.3) is 0 Å². The zero-order valence-corrected chi connectivity index (χ0v) is 17.7. The van der Waals surface area contributed by atoms with E-state index >= 15 is 0 Å². The van der Waals surface area contributed by atoms with Crippen LogP contribution in [-0.2, 0) is 9.47 Å². The highest BCUT2D eigenvalue weighted by atomic mass is 16.6. The van der Waals surface area contributed by atoms with Gasteiger partial charge in [0.25, 0.3) is 0 Å². The average Bonchev–Trinajstić information content (AvgIpc) is 3.21. The largest absolute Gasteiger partial charge is 0.464 e. The van der Waals surface area contributed by atoms with E-state index in [1.807, 2.05) is 20.8 Å². The minimum absolute atomic E-state index is 0.153. The fourth-order valence-corrected chi connectivity index (χ4v) is 3.52. The van der Waals surface area contributed by atoms with Crippen molar-refractivity contribution in [2.45, 2.75) is 58.1 Å². The van der Waals surface area contributed by atoms with Crippen LogP contribution in [0.1, 0.15) is 56.9 Å². The number of nitrogens with one attached hydrogen (secondary N) is 1. The number of hydrogen-bond donors (Lipinski definition) is 1. The van der Waals surface area contributed by atoms with Gasteiger partial charge in [-0.2, -0.15) is 4.98 Å². The molecular formula is C20H31N5O4. The topological polar surface area (TPSA) is 96.9 Å². The fourth-order valence-electron chi connectivity index (χ4n) is 3.52. The molecule has 2 aliphatic rings. The number of hydrogen-bond acceptors (Lipinski definition) is 8. The summed E-state index contributed by atoms with van der Waals surface area (Å²) in [5, 5.41) is 3.41. The van der Waals surface area contributed by atoms with E-state index in [1.54, 1.807) is 11.0 Å². The summed E-state index contributed by atoms with van der Waals surface area (Å²) in [5.41, 5.74) is -0.248. The minimum atomic E-state index is -0.497. The first-order valence-corrected chi connectivity index (χ1v) is 10.2. The zero-order chi connectivity index (χ0) is 21.0. The van der Waals surface area contributed by atoms with Gasteiger partial charge in [-0.1, -0.05) is 0 Å². The second-order valence-corrected chi connectivity index (χ2v) is 8.51. The minimum Gasteiger partial charge on any atom is -0.464 e. The number of esters is 1. The number of rotatable bonds is 4. The molecule has 0 unspecified atom stereocenters. The van der Waals surface area contributed by atoms with Crippen molar-refractivity contribution in [1.29, 1.82) is 0 Å². The number of ether oxygens (including phenoxy) is 2. The molecule has 2 aliphatic heterocycles. The maximum Gasteiger partial charge on any atom is 0.410 e. The molecule has 3 heterocycles. The molecule has 0 spiro atoms. The summed E-state index contributed by atoms with van der Waals surface area (Å²) in [6.07, 6.45) is 3.46. The van der Waals surface area contributed by atoms with Gasteiger partial charge in [0.2, 0.25) is 5.95 Å². The van der Waals surface area contributed by atoms with Crippen LogP contribution in [-0.4, -0.2) is 71.9 Å². The first kappa shape index (κ1) is 21.1. The van der Waals surface area contributed by atoms with E-state index in [9.17, 15) is 9.59 Å². The second-order valence-electron chi connectivity index (χ2n) is 8.51. The van der Waals surface area contributed by atoms with Crippen LogP contribution in [0, 0.1) is 0 Å². The summed E-state index contributed by atoms with van der Waals surface area (Å²) >= 11 is 0. The molecule has 0 aromatic carbocycles. The van der Waals surface area contributed by atoms with Crippen LogP contribution >= 0.6 is 0 Å². The Morgan fingerprint density at radius 1 is 1.10 bits per heavy atom. The second kappa shape index (κ2) is 8.84. The molecule has 0 bridgehead atoms. The molecule has 2 saturated heterocycles. The summed E-state index contributed by atoms with van der Waals surface area (Å²) in [6.45, 7) is 8.60. The average molecular weight is 405 g/mol. The van der Waals surface area contributed by atoms with Gasteiger partial charge in [-0.15, -0.1) is 0 Å². The predicted molar refractivity (Wildman–Crippen MR) is 109 cm³/mol. The van der Waals surface area contributed by atoms with Crippen molar-refractivity contribution in [1.82, 2.24) is 14.9 Å². The number of nitrogens with zero attached hydrogens (tertiary/aromatic N) is 4. The predicted octanol–water partition coefficient (Wildman–Crippen LogP) is 2.67. The lowest BCUT2D eigenvalue weighted by Crippen LogP contribution is -2.44. The Labute approximate surface area is 171 Å². The van der Waals surface area contributed by atoms with Gasteiger partial charge in [-0.25, -0.2) is 14.6 Å². The van der Waals surface area contributed by atoms with Crippen molar-refractivity contribution in [2.75, 3.05) is 43.5 Å². The van der Waals surface area contributed by atoms with Gasteiger partial charge < -0.3 is 24.6 Å². The Morgan fingerprint density at radius 2 is 1.76 bits per heavy atom. The van der Waals surface area contributed by atoms with Gasteiger partial charge >= 0.3 is 12.1 Å². The standard InChI is InChI=1S/C20H31N5O4/c1-20(2,3)29-19(27)25-11-7-14(8-12-25)21-16-13-15(17(26)28-4)22-18(23-16)24-9-5-6-10-24/h13-14H,5-12H2,1-4H3,(H,21,22,23). The molecule has 1 aromatic heterocycles. The lowest BCUT2D eigenvalue weighted by atomic mass is 10.1. The monoisotopic (exact) mass is 405 g/mol. The number of aromatic nitrogens is 2. The van der Waals surface area contributed by atoms with E-state index in [4.69, 9.17) is 9.47 Å². The highest BCUT2D eigenvalue weighted by Crippen LogP contribution is 2.22. The van der Waals surface area contributed by atoms with Crippen molar-refractivity contribution < 1.29 is 19.1 Å². The number of piperidine rings is 1. The first-order valence-electron chi connectivity index (χ1n) is 10.2. The molecule has 1 amide bonds.